The average Bonchev–Trinajstić information content (AvgIpc) is 1.85. The predicted molar refractivity (Wildman–Crippen MR) is 29.3 cm³/mol. The van der Waals surface area contributed by atoms with Crippen LogP contribution in [0.2, 0.25) is 0 Å². The van der Waals surface area contributed by atoms with Crippen LogP contribution >= 0.6 is 0 Å². The summed E-state index contributed by atoms with van der Waals surface area (Å²) in [4.78, 5) is 0. The van der Waals surface area contributed by atoms with Crippen molar-refractivity contribution in [3.05, 3.63) is 0 Å². The Bertz CT molecular complexity index is 160. The lowest BCUT2D eigenvalue weighted by atomic mass is 10.1. The normalized spacial score (nSPS) is 19.0. The fourth-order valence-electron chi connectivity index (χ4n) is 0.465. The quantitative estimate of drug-likeness (QED) is 0.530. The van der Waals surface area contributed by atoms with Gasteiger partial charge in [-0.15, -0.1) is 0 Å². The van der Waals surface area contributed by atoms with Gasteiger partial charge in [0.1, 0.15) is 0 Å². The van der Waals surface area contributed by atoms with Gasteiger partial charge in [0.05, 0.1) is 0 Å². The molecule has 74 valence electrons. The zero-order valence-corrected chi connectivity index (χ0v) is 6.05. The minimum Gasteiger partial charge on any atom is -0.286 e. The standard InChI is InChI=1S/C5H7F6N/c1-2-3(6,7)4(8,12)5(9,10)11/h2,12H2,1H3. The molecular weight excluding hydrogens is 188 g/mol. The molecule has 0 rings (SSSR count). The van der Waals surface area contributed by atoms with Crippen LogP contribution in [-0.2, 0) is 0 Å². The first-order valence-corrected chi connectivity index (χ1v) is 2.98. The molecule has 0 heterocycles. The van der Waals surface area contributed by atoms with Crippen LogP contribution in [0, 0.1) is 0 Å². The molecule has 0 aliphatic rings. The molecule has 0 aromatic heterocycles. The van der Waals surface area contributed by atoms with Gasteiger partial charge in [-0.3, -0.25) is 5.73 Å². The van der Waals surface area contributed by atoms with Crippen LogP contribution in [0.3, 0.4) is 0 Å². The number of hydrogen-bond acceptors (Lipinski definition) is 1. The summed E-state index contributed by atoms with van der Waals surface area (Å²) in [6.45, 7) is 0.715. The Kier molecular flexibility index (Phi) is 2.68. The van der Waals surface area contributed by atoms with E-state index >= 15 is 0 Å². The van der Waals surface area contributed by atoms with Gasteiger partial charge in [-0.05, 0) is 0 Å². The summed E-state index contributed by atoms with van der Waals surface area (Å²) in [6, 6.07) is 0. The smallest absolute Gasteiger partial charge is 0.286 e. The fraction of sp³-hybridized carbons (Fsp3) is 1.00. The lowest BCUT2D eigenvalue weighted by Gasteiger charge is -2.30. The monoisotopic (exact) mass is 195 g/mol. The summed E-state index contributed by atoms with van der Waals surface area (Å²) >= 11 is 0. The van der Waals surface area contributed by atoms with Gasteiger partial charge in [0.2, 0.25) is 0 Å². The third-order valence-corrected chi connectivity index (χ3v) is 1.39. The molecule has 0 saturated carbocycles. The number of halogens is 6. The molecule has 2 N–H and O–H groups in total. The molecule has 0 aliphatic heterocycles. The van der Waals surface area contributed by atoms with Crippen LogP contribution in [0.1, 0.15) is 13.3 Å². The summed E-state index contributed by atoms with van der Waals surface area (Å²) < 4.78 is 71.3. The zero-order chi connectivity index (χ0) is 10.2. The first-order valence-electron chi connectivity index (χ1n) is 2.98. The molecule has 0 aromatic rings. The number of alkyl halides is 6. The third kappa shape index (κ3) is 1.65. The van der Waals surface area contributed by atoms with Crippen LogP contribution in [0.4, 0.5) is 26.3 Å². The van der Waals surface area contributed by atoms with E-state index < -0.39 is 24.3 Å². The van der Waals surface area contributed by atoms with Gasteiger partial charge >= 0.3 is 17.9 Å². The van der Waals surface area contributed by atoms with Crippen molar-refractivity contribution in [3.63, 3.8) is 0 Å². The highest BCUT2D eigenvalue weighted by Crippen LogP contribution is 2.42. The maximum absolute atomic E-state index is 12.3. The van der Waals surface area contributed by atoms with Crippen molar-refractivity contribution in [2.24, 2.45) is 5.73 Å². The first-order chi connectivity index (χ1) is 5.06. The van der Waals surface area contributed by atoms with Gasteiger partial charge in [0, 0.05) is 6.42 Å². The molecule has 7 heteroatoms. The summed E-state index contributed by atoms with van der Waals surface area (Å²) in [7, 11) is 0. The van der Waals surface area contributed by atoms with Crippen molar-refractivity contribution in [2.45, 2.75) is 31.2 Å². The largest absolute Gasteiger partial charge is 0.442 e. The minimum atomic E-state index is -5.76. The van der Waals surface area contributed by atoms with Gasteiger partial charge in [0.15, 0.2) is 0 Å². The van der Waals surface area contributed by atoms with Crippen LogP contribution in [0.25, 0.3) is 0 Å². The number of nitrogens with two attached hydrogens (primary N) is 1. The molecule has 0 bridgehead atoms. The molecule has 0 saturated heterocycles. The second-order valence-corrected chi connectivity index (χ2v) is 2.27. The molecule has 0 aromatic carbocycles. The van der Waals surface area contributed by atoms with Crippen LogP contribution < -0.4 is 5.73 Å². The van der Waals surface area contributed by atoms with E-state index in [4.69, 9.17) is 0 Å². The van der Waals surface area contributed by atoms with E-state index in [9.17, 15) is 26.3 Å². The van der Waals surface area contributed by atoms with Crippen molar-refractivity contribution in [1.29, 1.82) is 0 Å². The Morgan fingerprint density at radius 2 is 1.33 bits per heavy atom. The van der Waals surface area contributed by atoms with E-state index in [1.807, 2.05) is 0 Å². The van der Waals surface area contributed by atoms with Gasteiger partial charge in [-0.25, -0.2) is 13.2 Å². The van der Waals surface area contributed by atoms with E-state index in [-0.39, 0.29) is 0 Å². The van der Waals surface area contributed by atoms with Crippen molar-refractivity contribution in [1.82, 2.24) is 0 Å². The van der Waals surface area contributed by atoms with Gasteiger partial charge in [0.25, 0.3) is 0 Å². The van der Waals surface area contributed by atoms with Gasteiger partial charge in [-0.1, -0.05) is 6.92 Å². The zero-order valence-electron chi connectivity index (χ0n) is 6.05. The Morgan fingerprint density at radius 1 is 1.00 bits per heavy atom. The topological polar surface area (TPSA) is 26.0 Å². The van der Waals surface area contributed by atoms with E-state index in [1.54, 1.807) is 0 Å². The SMILES string of the molecule is CCC(F)(F)C(N)(F)C(F)(F)F. The van der Waals surface area contributed by atoms with Crippen LogP contribution in [-0.4, -0.2) is 17.9 Å². The molecule has 0 radical (unpaired) electrons. The van der Waals surface area contributed by atoms with Crippen molar-refractivity contribution in [3.8, 4) is 0 Å². The van der Waals surface area contributed by atoms with Crippen molar-refractivity contribution in [2.75, 3.05) is 0 Å². The number of hydrogen-bond donors (Lipinski definition) is 1. The van der Waals surface area contributed by atoms with E-state index in [0.717, 1.165) is 0 Å². The molecule has 0 fully saturated rings. The highest BCUT2D eigenvalue weighted by molar-refractivity contribution is 4.93. The molecule has 1 unspecified atom stereocenters. The molecule has 0 spiro atoms. The lowest BCUT2D eigenvalue weighted by Crippen LogP contribution is -2.61. The molecule has 0 amide bonds. The van der Waals surface area contributed by atoms with E-state index in [1.165, 1.54) is 0 Å². The second kappa shape index (κ2) is 2.79. The molecule has 12 heavy (non-hydrogen) atoms. The first kappa shape index (κ1) is 11.5. The third-order valence-electron chi connectivity index (χ3n) is 1.39. The van der Waals surface area contributed by atoms with Crippen molar-refractivity contribution < 1.29 is 26.3 Å². The summed E-state index contributed by atoms with van der Waals surface area (Å²) in [5.74, 6) is -9.54. The predicted octanol–water partition coefficient (Wildman–Crippen LogP) is 2.22. The van der Waals surface area contributed by atoms with Gasteiger partial charge < -0.3 is 0 Å². The maximum atomic E-state index is 12.3. The molecule has 1 nitrogen and oxygen atoms in total. The minimum absolute atomic E-state index is 0.715. The van der Waals surface area contributed by atoms with Crippen molar-refractivity contribution >= 4 is 0 Å². The highest BCUT2D eigenvalue weighted by atomic mass is 19.4. The summed E-state index contributed by atoms with van der Waals surface area (Å²) in [5, 5.41) is 0. The number of rotatable bonds is 2. The maximum Gasteiger partial charge on any atom is 0.442 e. The fourth-order valence-corrected chi connectivity index (χ4v) is 0.465. The van der Waals surface area contributed by atoms with E-state index in [2.05, 4.69) is 5.73 Å². The molecular formula is C5H7F6N. The van der Waals surface area contributed by atoms with Crippen LogP contribution in [0.15, 0.2) is 0 Å². The second-order valence-electron chi connectivity index (χ2n) is 2.27. The summed E-state index contributed by atoms with van der Waals surface area (Å²) in [6.07, 6.45) is -7.06. The van der Waals surface area contributed by atoms with Crippen LogP contribution in [0.5, 0.6) is 0 Å². The summed E-state index contributed by atoms with van der Waals surface area (Å²) in [5.41, 5.74) is 3.84. The molecule has 1 atom stereocenters. The Labute approximate surface area is 64.5 Å². The van der Waals surface area contributed by atoms with Gasteiger partial charge in [-0.2, -0.15) is 13.2 Å². The average molecular weight is 195 g/mol. The lowest BCUT2D eigenvalue weighted by molar-refractivity contribution is -0.300. The molecule has 0 aliphatic carbocycles. The Morgan fingerprint density at radius 3 is 1.42 bits per heavy atom. The highest BCUT2D eigenvalue weighted by Gasteiger charge is 2.67. The Balaban J connectivity index is 4.85. The Hall–Kier alpha value is -0.460. The van der Waals surface area contributed by atoms with E-state index in [0.29, 0.717) is 6.92 Å².